The molecule has 1 atom stereocenters. The minimum atomic E-state index is -0.488. The number of aryl methyl sites for hydroxylation is 2. The van der Waals surface area contributed by atoms with Gasteiger partial charge in [0.15, 0.2) is 5.43 Å². The maximum Gasteiger partial charge on any atom is 0.290 e. The van der Waals surface area contributed by atoms with Gasteiger partial charge >= 0.3 is 0 Å². The van der Waals surface area contributed by atoms with E-state index in [0.29, 0.717) is 29.6 Å². The van der Waals surface area contributed by atoms with Crippen molar-refractivity contribution in [3.05, 3.63) is 74.9 Å². The van der Waals surface area contributed by atoms with Gasteiger partial charge in [-0.05, 0) is 62.8 Å². The SMILES string of the molecule is Cc1cc2oc3c(c(=O)c2cc1C)C(c1cccnc1)N(CCN(C)C)C3=O. The van der Waals surface area contributed by atoms with Crippen molar-refractivity contribution < 1.29 is 9.21 Å². The van der Waals surface area contributed by atoms with Crippen molar-refractivity contribution in [1.82, 2.24) is 14.8 Å². The van der Waals surface area contributed by atoms with E-state index in [1.165, 1.54) is 0 Å². The molecule has 0 fully saturated rings. The van der Waals surface area contributed by atoms with Crippen molar-refractivity contribution in [3.8, 4) is 0 Å². The molecule has 3 aromatic rings. The molecule has 3 heterocycles. The second kappa shape index (κ2) is 6.87. The van der Waals surface area contributed by atoms with Gasteiger partial charge in [0.05, 0.1) is 17.0 Å². The molecule has 0 N–H and O–H groups in total. The number of likely N-dealkylation sites (N-methyl/N-ethyl adjacent to an activating group) is 1. The van der Waals surface area contributed by atoms with E-state index in [9.17, 15) is 9.59 Å². The lowest BCUT2D eigenvalue weighted by atomic mass is 9.98. The maximum absolute atomic E-state index is 13.4. The lowest BCUT2D eigenvalue weighted by Gasteiger charge is -2.26. The van der Waals surface area contributed by atoms with Gasteiger partial charge in [-0.2, -0.15) is 0 Å². The number of nitrogens with zero attached hydrogens (tertiary/aromatic N) is 3. The van der Waals surface area contributed by atoms with Crippen LogP contribution in [0.1, 0.15) is 38.9 Å². The van der Waals surface area contributed by atoms with Crippen LogP contribution < -0.4 is 5.43 Å². The van der Waals surface area contributed by atoms with Crippen LogP contribution in [0.3, 0.4) is 0 Å². The molecule has 6 heteroatoms. The Morgan fingerprint density at radius 3 is 2.61 bits per heavy atom. The fraction of sp³-hybridized carbons (Fsp3) is 0.318. The van der Waals surface area contributed by atoms with E-state index >= 15 is 0 Å². The molecule has 6 nitrogen and oxygen atoms in total. The predicted octanol–water partition coefficient (Wildman–Crippen LogP) is 2.91. The van der Waals surface area contributed by atoms with E-state index in [-0.39, 0.29) is 17.1 Å². The first kappa shape index (κ1) is 18.4. The third kappa shape index (κ3) is 2.90. The van der Waals surface area contributed by atoms with E-state index in [0.717, 1.165) is 16.7 Å². The summed E-state index contributed by atoms with van der Waals surface area (Å²) in [4.78, 5) is 34.5. The van der Waals surface area contributed by atoms with Crippen LogP contribution in [0.2, 0.25) is 0 Å². The molecule has 1 aliphatic heterocycles. The summed E-state index contributed by atoms with van der Waals surface area (Å²) in [5.41, 5.74) is 3.57. The summed E-state index contributed by atoms with van der Waals surface area (Å²) in [5.74, 6) is -0.101. The highest BCUT2D eigenvalue weighted by Gasteiger charge is 2.42. The minimum Gasteiger partial charge on any atom is -0.450 e. The van der Waals surface area contributed by atoms with E-state index in [2.05, 4.69) is 4.98 Å². The highest BCUT2D eigenvalue weighted by molar-refractivity contribution is 5.99. The van der Waals surface area contributed by atoms with Gasteiger partial charge < -0.3 is 14.2 Å². The summed E-state index contributed by atoms with van der Waals surface area (Å²) < 4.78 is 6.00. The molecule has 1 aromatic carbocycles. The van der Waals surface area contributed by atoms with Gasteiger partial charge in [0.1, 0.15) is 5.58 Å². The minimum absolute atomic E-state index is 0.145. The van der Waals surface area contributed by atoms with Gasteiger partial charge in [-0.1, -0.05) is 6.07 Å². The van der Waals surface area contributed by atoms with Crippen LogP contribution in [0.25, 0.3) is 11.0 Å². The average Bonchev–Trinajstić information content (AvgIpc) is 2.95. The van der Waals surface area contributed by atoms with Crippen LogP contribution in [0.15, 0.2) is 45.9 Å². The highest BCUT2D eigenvalue weighted by atomic mass is 16.3. The van der Waals surface area contributed by atoms with Gasteiger partial charge in [0.25, 0.3) is 5.91 Å². The summed E-state index contributed by atoms with van der Waals surface area (Å²) in [5, 5.41) is 0.512. The number of aromatic nitrogens is 1. The fourth-order valence-corrected chi connectivity index (χ4v) is 3.70. The smallest absolute Gasteiger partial charge is 0.290 e. The second-order valence-corrected chi connectivity index (χ2v) is 7.60. The molecule has 0 bridgehead atoms. The first-order chi connectivity index (χ1) is 13.4. The fourth-order valence-electron chi connectivity index (χ4n) is 3.70. The first-order valence-corrected chi connectivity index (χ1v) is 9.32. The highest BCUT2D eigenvalue weighted by Crippen LogP contribution is 2.37. The van der Waals surface area contributed by atoms with Gasteiger partial charge in [-0.3, -0.25) is 14.6 Å². The zero-order valence-corrected chi connectivity index (χ0v) is 16.5. The average molecular weight is 377 g/mol. The standard InChI is InChI=1S/C22H23N3O3/c1-13-10-16-17(11-14(13)2)28-21-18(20(16)26)19(15-6-5-7-23-12-15)25(22(21)27)9-8-24(3)4/h5-7,10-12,19H,8-9H2,1-4H3. The molecular weight excluding hydrogens is 354 g/mol. The largest absolute Gasteiger partial charge is 0.450 e. The summed E-state index contributed by atoms with van der Waals surface area (Å²) >= 11 is 0. The quantitative estimate of drug-likeness (QED) is 0.699. The van der Waals surface area contributed by atoms with Crippen LogP contribution in [-0.4, -0.2) is 47.9 Å². The molecule has 4 rings (SSSR count). The Morgan fingerprint density at radius 2 is 1.93 bits per heavy atom. The number of carbonyl (C=O) groups excluding carboxylic acids is 1. The van der Waals surface area contributed by atoms with Crippen LogP contribution >= 0.6 is 0 Å². The number of hydrogen-bond donors (Lipinski definition) is 0. The van der Waals surface area contributed by atoms with Gasteiger partial charge in [0.2, 0.25) is 5.76 Å². The van der Waals surface area contributed by atoms with E-state index < -0.39 is 6.04 Å². The molecule has 1 amide bonds. The maximum atomic E-state index is 13.4. The van der Waals surface area contributed by atoms with Crippen molar-refractivity contribution in [2.24, 2.45) is 0 Å². The molecule has 0 aliphatic carbocycles. The Hall–Kier alpha value is -2.99. The number of hydrogen-bond acceptors (Lipinski definition) is 5. The molecule has 0 saturated carbocycles. The van der Waals surface area contributed by atoms with Crippen LogP contribution in [-0.2, 0) is 0 Å². The number of rotatable bonds is 4. The third-order valence-corrected chi connectivity index (χ3v) is 5.37. The van der Waals surface area contributed by atoms with Crippen molar-refractivity contribution in [1.29, 1.82) is 0 Å². The summed E-state index contributed by atoms with van der Waals surface area (Å²) in [6, 6.07) is 6.91. The van der Waals surface area contributed by atoms with E-state index in [4.69, 9.17) is 4.42 Å². The Kier molecular flexibility index (Phi) is 4.51. The normalized spacial score (nSPS) is 16.2. The van der Waals surface area contributed by atoms with Crippen molar-refractivity contribution in [3.63, 3.8) is 0 Å². The van der Waals surface area contributed by atoms with Crippen molar-refractivity contribution in [2.45, 2.75) is 19.9 Å². The molecule has 0 radical (unpaired) electrons. The lowest BCUT2D eigenvalue weighted by Crippen LogP contribution is -2.35. The van der Waals surface area contributed by atoms with Crippen LogP contribution in [0, 0.1) is 13.8 Å². The van der Waals surface area contributed by atoms with Gasteiger partial charge in [-0.15, -0.1) is 0 Å². The van der Waals surface area contributed by atoms with Gasteiger partial charge in [-0.25, -0.2) is 0 Å². The number of pyridine rings is 1. The summed E-state index contributed by atoms with van der Waals surface area (Å²) in [7, 11) is 3.91. The zero-order chi connectivity index (χ0) is 20.0. The zero-order valence-electron chi connectivity index (χ0n) is 16.5. The van der Waals surface area contributed by atoms with Crippen molar-refractivity contribution in [2.75, 3.05) is 27.2 Å². The molecule has 2 aromatic heterocycles. The second-order valence-electron chi connectivity index (χ2n) is 7.60. The lowest BCUT2D eigenvalue weighted by molar-refractivity contribution is 0.0716. The number of fused-ring (bicyclic) bond motifs is 2. The Balaban J connectivity index is 1.96. The molecule has 1 aliphatic rings. The van der Waals surface area contributed by atoms with E-state index in [1.54, 1.807) is 17.3 Å². The predicted molar refractivity (Wildman–Crippen MR) is 108 cm³/mol. The van der Waals surface area contributed by atoms with E-state index in [1.807, 2.05) is 57.1 Å². The first-order valence-electron chi connectivity index (χ1n) is 9.32. The molecule has 0 saturated heterocycles. The molecule has 1 unspecified atom stereocenters. The summed E-state index contributed by atoms with van der Waals surface area (Å²) in [6.45, 7) is 5.10. The number of carbonyl (C=O) groups is 1. The monoisotopic (exact) mass is 377 g/mol. The summed E-state index contributed by atoms with van der Waals surface area (Å²) in [6.07, 6.45) is 3.39. The van der Waals surface area contributed by atoms with Crippen molar-refractivity contribution >= 4 is 16.9 Å². The molecule has 0 spiro atoms. The number of amides is 1. The van der Waals surface area contributed by atoms with Crippen LogP contribution in [0.4, 0.5) is 0 Å². The Bertz CT molecular complexity index is 1120. The molecule has 28 heavy (non-hydrogen) atoms. The Morgan fingerprint density at radius 1 is 1.18 bits per heavy atom. The van der Waals surface area contributed by atoms with Gasteiger partial charge in [0, 0.05) is 25.5 Å². The topological polar surface area (TPSA) is 66.7 Å². The molecular formula is C22H23N3O3. The molecule has 144 valence electrons. The van der Waals surface area contributed by atoms with Crippen LogP contribution in [0.5, 0.6) is 0 Å². The number of benzene rings is 1. The third-order valence-electron chi connectivity index (χ3n) is 5.37. The Labute approximate surface area is 163 Å².